The molecule has 1 amide bonds. The van der Waals surface area contributed by atoms with E-state index in [9.17, 15) is 4.79 Å². The van der Waals surface area contributed by atoms with E-state index >= 15 is 0 Å². The summed E-state index contributed by atoms with van der Waals surface area (Å²) in [7, 11) is 0. The van der Waals surface area contributed by atoms with E-state index in [-0.39, 0.29) is 5.91 Å². The molecule has 6 heteroatoms. The van der Waals surface area contributed by atoms with Gasteiger partial charge in [-0.15, -0.1) is 0 Å². The van der Waals surface area contributed by atoms with Crippen LogP contribution in [0.4, 0.5) is 5.69 Å². The largest absolute Gasteiger partial charge is 0.325 e. The van der Waals surface area contributed by atoms with Gasteiger partial charge in [-0.1, -0.05) is 30.3 Å². The first-order chi connectivity index (χ1) is 13.6. The molecular formula is C22H21N5O. The monoisotopic (exact) mass is 371 g/mol. The normalized spacial score (nSPS) is 10.9. The highest BCUT2D eigenvalue weighted by Gasteiger charge is 2.14. The number of aromatic nitrogens is 4. The van der Waals surface area contributed by atoms with E-state index < -0.39 is 0 Å². The van der Waals surface area contributed by atoms with Gasteiger partial charge in [0.1, 0.15) is 0 Å². The van der Waals surface area contributed by atoms with E-state index in [1.807, 2.05) is 60.8 Å². The quantitative estimate of drug-likeness (QED) is 0.576. The van der Waals surface area contributed by atoms with Crippen molar-refractivity contribution >= 4 is 17.2 Å². The molecule has 1 N–H and O–H groups in total. The lowest BCUT2D eigenvalue weighted by Crippen LogP contribution is -2.14. The Labute approximate surface area is 163 Å². The van der Waals surface area contributed by atoms with E-state index in [0.29, 0.717) is 18.5 Å². The molecular weight excluding hydrogens is 350 g/mol. The fraction of sp³-hybridized carbons (Fsp3) is 0.182. The van der Waals surface area contributed by atoms with Crippen molar-refractivity contribution in [3.05, 3.63) is 77.9 Å². The number of carbonyl (C=O) groups is 1. The summed E-state index contributed by atoms with van der Waals surface area (Å²) in [6, 6.07) is 15.7. The van der Waals surface area contributed by atoms with Gasteiger partial charge in [-0.2, -0.15) is 5.10 Å². The zero-order valence-corrected chi connectivity index (χ0v) is 15.9. The topological polar surface area (TPSA) is 72.2 Å². The van der Waals surface area contributed by atoms with Crippen LogP contribution in [0.5, 0.6) is 0 Å². The number of carbonyl (C=O) groups excluding carboxylic acids is 1. The highest BCUT2D eigenvalue weighted by molar-refractivity contribution is 5.90. The average molecular weight is 371 g/mol. The first-order valence-electron chi connectivity index (χ1n) is 9.23. The second-order valence-electron chi connectivity index (χ2n) is 6.72. The van der Waals surface area contributed by atoms with Gasteiger partial charge in [0.25, 0.3) is 0 Å². The van der Waals surface area contributed by atoms with Crippen molar-refractivity contribution in [3.63, 3.8) is 0 Å². The summed E-state index contributed by atoms with van der Waals surface area (Å²) in [6.07, 6.45) is 4.29. The van der Waals surface area contributed by atoms with Gasteiger partial charge in [0.05, 0.1) is 17.6 Å². The minimum Gasteiger partial charge on any atom is -0.325 e. The van der Waals surface area contributed by atoms with Crippen LogP contribution in [0.1, 0.15) is 23.4 Å². The van der Waals surface area contributed by atoms with Crippen LogP contribution in [-0.4, -0.2) is 25.5 Å². The molecule has 1 aromatic carbocycles. The summed E-state index contributed by atoms with van der Waals surface area (Å²) in [5, 5.41) is 7.59. The van der Waals surface area contributed by atoms with E-state index in [0.717, 1.165) is 33.9 Å². The van der Waals surface area contributed by atoms with E-state index in [1.54, 1.807) is 18.5 Å². The molecule has 0 bridgehead atoms. The Kier molecular flexibility index (Phi) is 4.85. The van der Waals surface area contributed by atoms with Crippen molar-refractivity contribution < 1.29 is 4.79 Å². The molecule has 0 saturated heterocycles. The van der Waals surface area contributed by atoms with Gasteiger partial charge < -0.3 is 5.32 Å². The summed E-state index contributed by atoms with van der Waals surface area (Å²) in [4.78, 5) is 21.0. The molecule has 140 valence electrons. The zero-order chi connectivity index (χ0) is 19.5. The van der Waals surface area contributed by atoms with Gasteiger partial charge in [-0.3, -0.25) is 9.78 Å². The maximum absolute atomic E-state index is 12.3. The summed E-state index contributed by atoms with van der Waals surface area (Å²) in [6.45, 7) is 4.01. The maximum atomic E-state index is 12.3. The second kappa shape index (κ2) is 7.60. The zero-order valence-electron chi connectivity index (χ0n) is 15.9. The van der Waals surface area contributed by atoms with Crippen molar-refractivity contribution in [3.8, 4) is 11.3 Å². The molecule has 0 radical (unpaired) electrons. The Hall–Kier alpha value is -3.54. The lowest BCUT2D eigenvalue weighted by Gasteiger charge is -2.11. The standard InChI is InChI=1S/C22H21N5O/c1-15-19(10-11-22(28)25-18-9-6-12-23-14-18)16(2)27-21(24-15)13-20(26-27)17-7-4-3-5-8-17/h3-9,12-14H,10-11H2,1-2H3,(H,25,28). The van der Waals surface area contributed by atoms with Crippen molar-refractivity contribution in [2.45, 2.75) is 26.7 Å². The number of nitrogens with one attached hydrogen (secondary N) is 1. The first kappa shape index (κ1) is 17.9. The lowest BCUT2D eigenvalue weighted by molar-refractivity contribution is -0.116. The first-order valence-corrected chi connectivity index (χ1v) is 9.23. The number of aryl methyl sites for hydroxylation is 2. The van der Waals surface area contributed by atoms with Crippen molar-refractivity contribution in [2.75, 3.05) is 5.32 Å². The number of hydrogen-bond donors (Lipinski definition) is 1. The fourth-order valence-corrected chi connectivity index (χ4v) is 3.34. The van der Waals surface area contributed by atoms with Crippen LogP contribution < -0.4 is 5.32 Å². The van der Waals surface area contributed by atoms with Crippen molar-refractivity contribution in [1.82, 2.24) is 19.6 Å². The van der Waals surface area contributed by atoms with Gasteiger partial charge in [-0.05, 0) is 38.0 Å². The Balaban J connectivity index is 1.56. The van der Waals surface area contributed by atoms with Crippen molar-refractivity contribution in [2.24, 2.45) is 0 Å². The molecule has 6 nitrogen and oxygen atoms in total. The van der Waals surface area contributed by atoms with Crippen LogP contribution in [0, 0.1) is 13.8 Å². The predicted octanol–water partition coefficient (Wildman–Crippen LogP) is 3.98. The SMILES string of the molecule is Cc1nc2cc(-c3ccccc3)nn2c(C)c1CCC(=O)Nc1cccnc1. The van der Waals surface area contributed by atoms with Crippen LogP contribution in [0.2, 0.25) is 0 Å². The minimum atomic E-state index is -0.0441. The van der Waals surface area contributed by atoms with Crippen molar-refractivity contribution in [1.29, 1.82) is 0 Å². The fourth-order valence-electron chi connectivity index (χ4n) is 3.34. The number of rotatable bonds is 5. The average Bonchev–Trinajstić information content (AvgIpc) is 3.13. The Morgan fingerprint density at radius 1 is 1.11 bits per heavy atom. The third-order valence-corrected chi connectivity index (χ3v) is 4.78. The van der Waals surface area contributed by atoms with E-state index in [2.05, 4.69) is 10.3 Å². The minimum absolute atomic E-state index is 0.0441. The molecule has 0 aliphatic rings. The molecule has 28 heavy (non-hydrogen) atoms. The maximum Gasteiger partial charge on any atom is 0.224 e. The molecule has 3 heterocycles. The number of nitrogens with zero attached hydrogens (tertiary/aromatic N) is 4. The highest BCUT2D eigenvalue weighted by atomic mass is 16.1. The van der Waals surface area contributed by atoms with Gasteiger partial charge in [0.15, 0.2) is 5.65 Å². The molecule has 0 saturated carbocycles. The molecule has 4 aromatic rings. The highest BCUT2D eigenvalue weighted by Crippen LogP contribution is 2.22. The third kappa shape index (κ3) is 3.62. The summed E-state index contributed by atoms with van der Waals surface area (Å²) in [5.41, 5.74) is 6.46. The Bertz CT molecular complexity index is 1120. The molecule has 0 spiro atoms. The number of anilines is 1. The number of amides is 1. The lowest BCUT2D eigenvalue weighted by atomic mass is 10.1. The van der Waals surface area contributed by atoms with Crippen LogP contribution in [0.3, 0.4) is 0 Å². The molecule has 4 rings (SSSR count). The van der Waals surface area contributed by atoms with Crippen LogP contribution in [0.15, 0.2) is 60.9 Å². The number of fused-ring (bicyclic) bond motifs is 1. The summed E-state index contributed by atoms with van der Waals surface area (Å²) in [5.74, 6) is -0.0441. The predicted molar refractivity (Wildman–Crippen MR) is 109 cm³/mol. The Morgan fingerprint density at radius 2 is 1.93 bits per heavy atom. The smallest absolute Gasteiger partial charge is 0.224 e. The van der Waals surface area contributed by atoms with Crippen LogP contribution in [0.25, 0.3) is 16.9 Å². The molecule has 0 aliphatic carbocycles. The molecule has 0 atom stereocenters. The van der Waals surface area contributed by atoms with E-state index in [4.69, 9.17) is 10.1 Å². The van der Waals surface area contributed by atoms with Gasteiger partial charge in [0.2, 0.25) is 5.91 Å². The molecule has 0 unspecified atom stereocenters. The molecule has 3 aromatic heterocycles. The third-order valence-electron chi connectivity index (χ3n) is 4.78. The van der Waals surface area contributed by atoms with Gasteiger partial charge in [-0.25, -0.2) is 9.50 Å². The summed E-state index contributed by atoms with van der Waals surface area (Å²) < 4.78 is 1.86. The number of benzene rings is 1. The van der Waals surface area contributed by atoms with Gasteiger partial charge >= 0.3 is 0 Å². The molecule has 0 fully saturated rings. The summed E-state index contributed by atoms with van der Waals surface area (Å²) >= 11 is 0. The Morgan fingerprint density at radius 3 is 2.68 bits per heavy atom. The van der Waals surface area contributed by atoms with E-state index in [1.165, 1.54) is 0 Å². The van der Waals surface area contributed by atoms with Crippen LogP contribution in [-0.2, 0) is 11.2 Å². The number of pyridine rings is 1. The second-order valence-corrected chi connectivity index (χ2v) is 6.72. The van der Waals surface area contributed by atoms with Crippen LogP contribution >= 0.6 is 0 Å². The molecule has 0 aliphatic heterocycles. The number of hydrogen-bond acceptors (Lipinski definition) is 4. The van der Waals surface area contributed by atoms with Gasteiger partial charge in [0, 0.05) is 35.6 Å².